The maximum absolute atomic E-state index is 12.4. The monoisotopic (exact) mass is 410 g/mol. The van der Waals surface area contributed by atoms with Crippen LogP contribution in [0.2, 0.25) is 5.02 Å². The van der Waals surface area contributed by atoms with Gasteiger partial charge in [-0.15, -0.1) is 0 Å². The van der Waals surface area contributed by atoms with Gasteiger partial charge in [0.1, 0.15) is 12.3 Å². The molecule has 0 saturated carbocycles. The van der Waals surface area contributed by atoms with Crippen LogP contribution in [0.25, 0.3) is 0 Å². The predicted octanol–water partition coefficient (Wildman–Crippen LogP) is 3.13. The van der Waals surface area contributed by atoms with Gasteiger partial charge in [-0.05, 0) is 37.6 Å². The summed E-state index contributed by atoms with van der Waals surface area (Å²) in [7, 11) is -3.66. The largest absolute Gasteiger partial charge is 0.494 e. The van der Waals surface area contributed by atoms with E-state index in [1.165, 1.54) is 0 Å². The number of hydrogen-bond donors (Lipinski definition) is 1. The number of halogens is 1. The molecule has 0 unspecified atom stereocenters. The minimum Gasteiger partial charge on any atom is -0.494 e. The minimum absolute atomic E-state index is 0.237. The summed E-state index contributed by atoms with van der Waals surface area (Å²) in [5.74, 6) is 0.261. The standard InChI is InChI=1S/C19H23ClN2O4S/c1-4-26-18-11-6-5-8-15(18)12-21-19(23)13-22(27(3,24)25)17-10-7-9-16(20)14(17)2/h5-11H,4,12-13H2,1-3H3,(H,21,23). The number of sulfonamides is 1. The zero-order valence-electron chi connectivity index (χ0n) is 15.5. The Morgan fingerprint density at radius 2 is 1.89 bits per heavy atom. The van der Waals surface area contributed by atoms with Crippen molar-refractivity contribution in [2.75, 3.05) is 23.7 Å². The Morgan fingerprint density at radius 3 is 2.56 bits per heavy atom. The maximum atomic E-state index is 12.4. The van der Waals surface area contributed by atoms with Gasteiger partial charge in [0.25, 0.3) is 0 Å². The SMILES string of the molecule is CCOc1ccccc1CNC(=O)CN(c1cccc(Cl)c1C)S(C)(=O)=O. The molecule has 27 heavy (non-hydrogen) atoms. The topological polar surface area (TPSA) is 75.7 Å². The molecule has 2 rings (SSSR count). The van der Waals surface area contributed by atoms with Crippen LogP contribution in [-0.2, 0) is 21.4 Å². The number of carbonyl (C=O) groups excluding carboxylic acids is 1. The van der Waals surface area contributed by atoms with Crippen molar-refractivity contribution in [3.05, 3.63) is 58.6 Å². The molecule has 1 amide bonds. The summed E-state index contributed by atoms with van der Waals surface area (Å²) in [6, 6.07) is 12.3. The highest BCUT2D eigenvalue weighted by Crippen LogP contribution is 2.28. The van der Waals surface area contributed by atoms with Crippen LogP contribution in [-0.4, -0.2) is 33.7 Å². The molecule has 2 aromatic rings. The molecule has 0 aromatic heterocycles. The molecular formula is C19H23ClN2O4S. The normalized spacial score (nSPS) is 11.1. The summed E-state index contributed by atoms with van der Waals surface area (Å²) in [5.41, 5.74) is 1.80. The first-order valence-electron chi connectivity index (χ1n) is 8.44. The highest BCUT2D eigenvalue weighted by Gasteiger charge is 2.23. The van der Waals surface area contributed by atoms with Crippen LogP contribution < -0.4 is 14.4 Å². The van der Waals surface area contributed by atoms with Crippen molar-refractivity contribution < 1.29 is 17.9 Å². The molecule has 0 saturated heterocycles. The number of rotatable bonds is 8. The number of hydrogen-bond acceptors (Lipinski definition) is 4. The van der Waals surface area contributed by atoms with Crippen molar-refractivity contribution in [3.8, 4) is 5.75 Å². The lowest BCUT2D eigenvalue weighted by atomic mass is 10.2. The third-order valence-electron chi connectivity index (χ3n) is 3.94. The zero-order chi connectivity index (χ0) is 20.0. The molecule has 0 aliphatic rings. The molecule has 8 heteroatoms. The molecule has 0 atom stereocenters. The Kier molecular flexibility index (Phi) is 7.10. The van der Waals surface area contributed by atoms with Gasteiger partial charge in [-0.2, -0.15) is 0 Å². The van der Waals surface area contributed by atoms with Crippen LogP contribution in [0.1, 0.15) is 18.1 Å². The summed E-state index contributed by atoms with van der Waals surface area (Å²) in [6.07, 6.45) is 1.06. The lowest BCUT2D eigenvalue weighted by molar-refractivity contribution is -0.119. The van der Waals surface area contributed by atoms with Crippen LogP contribution >= 0.6 is 11.6 Å². The van der Waals surface area contributed by atoms with Gasteiger partial charge in [0.05, 0.1) is 18.6 Å². The minimum atomic E-state index is -3.66. The predicted molar refractivity (Wildman–Crippen MR) is 108 cm³/mol. The van der Waals surface area contributed by atoms with Crippen LogP contribution in [0.3, 0.4) is 0 Å². The number of benzene rings is 2. The van der Waals surface area contributed by atoms with E-state index in [-0.39, 0.29) is 13.1 Å². The van der Waals surface area contributed by atoms with E-state index in [0.29, 0.717) is 28.6 Å². The Morgan fingerprint density at radius 1 is 1.19 bits per heavy atom. The second-order valence-corrected chi connectivity index (χ2v) is 8.29. The smallest absolute Gasteiger partial charge is 0.241 e. The first-order valence-corrected chi connectivity index (χ1v) is 10.7. The Labute approximate surface area is 165 Å². The first-order chi connectivity index (χ1) is 12.7. The maximum Gasteiger partial charge on any atom is 0.241 e. The highest BCUT2D eigenvalue weighted by atomic mass is 35.5. The molecule has 0 fully saturated rings. The van der Waals surface area contributed by atoms with E-state index in [9.17, 15) is 13.2 Å². The van der Waals surface area contributed by atoms with E-state index in [1.807, 2.05) is 31.2 Å². The van der Waals surface area contributed by atoms with E-state index < -0.39 is 15.9 Å². The molecule has 0 radical (unpaired) electrons. The highest BCUT2D eigenvalue weighted by molar-refractivity contribution is 7.92. The summed E-state index contributed by atoms with van der Waals surface area (Å²) in [4.78, 5) is 12.4. The van der Waals surface area contributed by atoms with Crippen LogP contribution in [0.4, 0.5) is 5.69 Å². The zero-order valence-corrected chi connectivity index (χ0v) is 17.1. The Bertz CT molecular complexity index is 916. The van der Waals surface area contributed by atoms with Crippen LogP contribution in [0.5, 0.6) is 5.75 Å². The van der Waals surface area contributed by atoms with Crippen molar-refractivity contribution in [1.82, 2.24) is 5.32 Å². The molecule has 0 aliphatic carbocycles. The van der Waals surface area contributed by atoms with E-state index >= 15 is 0 Å². The van der Waals surface area contributed by atoms with E-state index in [4.69, 9.17) is 16.3 Å². The first kappa shape index (κ1) is 21.1. The lowest BCUT2D eigenvalue weighted by Gasteiger charge is -2.24. The number of para-hydroxylation sites is 1. The van der Waals surface area contributed by atoms with E-state index in [0.717, 1.165) is 16.1 Å². The average molecular weight is 411 g/mol. The molecule has 6 nitrogen and oxygen atoms in total. The number of nitrogens with one attached hydrogen (secondary N) is 1. The van der Waals surface area contributed by atoms with Crippen molar-refractivity contribution >= 4 is 33.2 Å². The summed E-state index contributed by atoms with van der Waals surface area (Å²) < 4.78 is 31.0. The molecule has 0 heterocycles. The molecule has 0 aliphatic heterocycles. The molecule has 0 spiro atoms. The summed E-state index contributed by atoms with van der Waals surface area (Å²) >= 11 is 6.10. The van der Waals surface area contributed by atoms with Gasteiger partial charge in [-0.1, -0.05) is 35.9 Å². The van der Waals surface area contributed by atoms with Crippen LogP contribution in [0, 0.1) is 6.92 Å². The molecule has 1 N–H and O–H groups in total. The van der Waals surface area contributed by atoms with Gasteiger partial charge in [0.2, 0.25) is 15.9 Å². The Hall–Kier alpha value is -2.25. The number of ether oxygens (including phenoxy) is 1. The van der Waals surface area contributed by atoms with Gasteiger partial charge >= 0.3 is 0 Å². The molecule has 2 aromatic carbocycles. The van der Waals surface area contributed by atoms with Gasteiger partial charge in [0, 0.05) is 17.1 Å². The molecule has 146 valence electrons. The van der Waals surface area contributed by atoms with E-state index in [2.05, 4.69) is 5.32 Å². The number of carbonyl (C=O) groups is 1. The second-order valence-electron chi connectivity index (χ2n) is 5.97. The average Bonchev–Trinajstić information content (AvgIpc) is 2.61. The van der Waals surface area contributed by atoms with E-state index in [1.54, 1.807) is 25.1 Å². The third kappa shape index (κ3) is 5.61. The fourth-order valence-corrected chi connectivity index (χ4v) is 3.65. The van der Waals surface area contributed by atoms with Gasteiger partial charge in [-0.3, -0.25) is 9.10 Å². The van der Waals surface area contributed by atoms with Gasteiger partial charge in [-0.25, -0.2) is 8.42 Å². The quantitative estimate of drug-likeness (QED) is 0.725. The fraction of sp³-hybridized carbons (Fsp3) is 0.316. The van der Waals surface area contributed by atoms with Crippen molar-refractivity contribution in [2.24, 2.45) is 0 Å². The molecule has 0 bridgehead atoms. The Balaban J connectivity index is 2.15. The van der Waals surface area contributed by atoms with Crippen molar-refractivity contribution in [2.45, 2.75) is 20.4 Å². The summed E-state index contributed by atoms with van der Waals surface area (Å²) in [6.45, 7) is 4.01. The van der Waals surface area contributed by atoms with Crippen LogP contribution in [0.15, 0.2) is 42.5 Å². The van der Waals surface area contributed by atoms with Crippen molar-refractivity contribution in [3.63, 3.8) is 0 Å². The lowest BCUT2D eigenvalue weighted by Crippen LogP contribution is -2.40. The third-order valence-corrected chi connectivity index (χ3v) is 5.48. The fourth-order valence-electron chi connectivity index (χ4n) is 2.57. The number of amides is 1. The number of anilines is 1. The molecular weight excluding hydrogens is 388 g/mol. The van der Waals surface area contributed by atoms with Gasteiger partial charge < -0.3 is 10.1 Å². The number of nitrogens with zero attached hydrogens (tertiary/aromatic N) is 1. The van der Waals surface area contributed by atoms with Crippen molar-refractivity contribution in [1.29, 1.82) is 0 Å². The summed E-state index contributed by atoms with van der Waals surface area (Å²) in [5, 5.41) is 3.18. The second kappa shape index (κ2) is 9.10. The van der Waals surface area contributed by atoms with Gasteiger partial charge in [0.15, 0.2) is 0 Å².